The Morgan fingerprint density at radius 2 is 1.18 bits per heavy atom. The van der Waals surface area contributed by atoms with Gasteiger partial charge in [0.1, 0.15) is 5.75 Å². The standard InChI is InChI=1S/C15H12F6I3N3O6S/c1-4(28)25-10-7(22)6(8(23)11(9(10)24)26-5(2)29)12(30)27-13(14(16,17)18,15(19,20)21)3-34(31,32)33/h3H2,1-2H3,(H,25,28)(H,26,29)(H,27,30)(H,31,32,33). The van der Waals surface area contributed by atoms with Gasteiger partial charge < -0.3 is 16.0 Å². The fourth-order valence-electron chi connectivity index (χ4n) is 2.47. The number of benzene rings is 1. The van der Waals surface area contributed by atoms with Gasteiger partial charge in [0.2, 0.25) is 17.4 Å². The lowest BCUT2D eigenvalue weighted by atomic mass is 9.99. The van der Waals surface area contributed by atoms with Crippen LogP contribution in [-0.2, 0) is 19.7 Å². The first kappa shape index (κ1) is 31.3. The van der Waals surface area contributed by atoms with Gasteiger partial charge >= 0.3 is 12.4 Å². The van der Waals surface area contributed by atoms with Crippen molar-refractivity contribution in [1.82, 2.24) is 5.32 Å². The highest BCUT2D eigenvalue weighted by molar-refractivity contribution is 14.1. The van der Waals surface area contributed by atoms with Gasteiger partial charge in [-0.3, -0.25) is 18.9 Å². The summed E-state index contributed by atoms with van der Waals surface area (Å²) in [6.45, 7) is 2.07. The van der Waals surface area contributed by atoms with Crippen LogP contribution in [0.3, 0.4) is 0 Å². The van der Waals surface area contributed by atoms with E-state index < -0.39 is 57.0 Å². The summed E-state index contributed by atoms with van der Waals surface area (Å²) in [7, 11) is -5.92. The second kappa shape index (κ2) is 10.7. The molecule has 0 atom stereocenters. The van der Waals surface area contributed by atoms with E-state index in [4.69, 9.17) is 4.55 Å². The first-order valence-electron chi connectivity index (χ1n) is 8.22. The number of carbonyl (C=O) groups excluding carboxylic acids is 3. The molecule has 0 saturated heterocycles. The maximum absolute atomic E-state index is 13.6. The van der Waals surface area contributed by atoms with E-state index in [1.165, 1.54) is 45.2 Å². The van der Waals surface area contributed by atoms with Crippen molar-refractivity contribution in [1.29, 1.82) is 0 Å². The quantitative estimate of drug-likeness (QED) is 0.195. The minimum Gasteiger partial charge on any atom is -0.329 e. The molecule has 1 rings (SSSR count). The number of nitrogens with one attached hydrogen (secondary N) is 3. The third-order valence-electron chi connectivity index (χ3n) is 3.84. The molecule has 0 aliphatic rings. The van der Waals surface area contributed by atoms with E-state index >= 15 is 0 Å². The van der Waals surface area contributed by atoms with Crippen LogP contribution in [0.25, 0.3) is 0 Å². The summed E-state index contributed by atoms with van der Waals surface area (Å²) in [6.07, 6.45) is -12.8. The molecule has 0 fully saturated rings. The summed E-state index contributed by atoms with van der Waals surface area (Å²) in [5.74, 6) is -6.43. The Kier molecular flexibility index (Phi) is 9.90. The van der Waals surface area contributed by atoms with Gasteiger partial charge in [-0.15, -0.1) is 0 Å². The van der Waals surface area contributed by atoms with E-state index in [-0.39, 0.29) is 22.1 Å². The van der Waals surface area contributed by atoms with Crippen molar-refractivity contribution in [2.24, 2.45) is 0 Å². The molecule has 0 aromatic heterocycles. The summed E-state index contributed by atoms with van der Waals surface area (Å²) >= 11 is 4.40. The molecule has 34 heavy (non-hydrogen) atoms. The minimum absolute atomic E-state index is 0.101. The van der Waals surface area contributed by atoms with E-state index in [0.29, 0.717) is 5.32 Å². The maximum Gasteiger partial charge on any atom is 0.421 e. The Hall–Kier alpha value is -0.690. The van der Waals surface area contributed by atoms with Crippen LogP contribution in [0.15, 0.2) is 0 Å². The Morgan fingerprint density at radius 1 is 0.824 bits per heavy atom. The molecule has 1 aromatic carbocycles. The molecule has 0 saturated carbocycles. The third-order valence-corrected chi connectivity index (χ3v) is 7.87. The SMILES string of the molecule is CC(=O)Nc1c(I)c(NC(C)=O)c(I)c(C(=O)NC(CS(=O)(=O)O)(C(F)(F)F)C(F)(F)F)c1I. The van der Waals surface area contributed by atoms with Crippen molar-refractivity contribution in [2.45, 2.75) is 31.7 Å². The Bertz CT molecular complexity index is 1080. The van der Waals surface area contributed by atoms with Gasteiger partial charge in [-0.1, -0.05) is 0 Å². The summed E-state index contributed by atoms with van der Waals surface area (Å²) in [6, 6.07) is 0. The van der Waals surface area contributed by atoms with Crippen LogP contribution in [0.1, 0.15) is 24.2 Å². The number of hydrogen-bond acceptors (Lipinski definition) is 5. The number of amides is 3. The van der Waals surface area contributed by atoms with E-state index in [2.05, 4.69) is 10.6 Å². The molecule has 0 unspecified atom stereocenters. The van der Waals surface area contributed by atoms with E-state index in [0.717, 1.165) is 13.8 Å². The van der Waals surface area contributed by atoms with Crippen molar-refractivity contribution in [3.05, 3.63) is 16.3 Å². The zero-order valence-electron chi connectivity index (χ0n) is 16.5. The molecule has 9 nitrogen and oxygen atoms in total. The van der Waals surface area contributed by atoms with Gasteiger partial charge in [0.25, 0.3) is 16.0 Å². The van der Waals surface area contributed by atoms with Gasteiger partial charge in [0, 0.05) is 13.8 Å². The average molecular weight is 857 g/mol. The number of hydrogen-bond donors (Lipinski definition) is 4. The Morgan fingerprint density at radius 3 is 1.44 bits per heavy atom. The first-order valence-corrected chi connectivity index (χ1v) is 13.1. The average Bonchev–Trinajstić information content (AvgIpc) is 2.58. The lowest BCUT2D eigenvalue weighted by Gasteiger charge is -2.37. The van der Waals surface area contributed by atoms with Gasteiger partial charge in [0.05, 0.1) is 27.6 Å². The van der Waals surface area contributed by atoms with Crippen molar-refractivity contribution in [3.8, 4) is 0 Å². The molecule has 4 N–H and O–H groups in total. The predicted octanol–water partition coefficient (Wildman–Crippen LogP) is 3.90. The molecule has 3 amide bonds. The lowest BCUT2D eigenvalue weighted by Crippen LogP contribution is -2.70. The smallest absolute Gasteiger partial charge is 0.329 e. The summed E-state index contributed by atoms with van der Waals surface area (Å²) in [5, 5.41) is 5.22. The van der Waals surface area contributed by atoms with Crippen LogP contribution in [0.5, 0.6) is 0 Å². The van der Waals surface area contributed by atoms with Crippen LogP contribution < -0.4 is 16.0 Å². The second-order valence-corrected chi connectivity index (χ2v) is 11.2. The molecule has 1 aromatic rings. The third kappa shape index (κ3) is 6.96. The van der Waals surface area contributed by atoms with E-state index in [1.54, 1.807) is 22.6 Å². The Labute approximate surface area is 228 Å². The normalized spacial score (nSPS) is 12.8. The zero-order valence-corrected chi connectivity index (χ0v) is 23.8. The monoisotopic (exact) mass is 857 g/mol. The van der Waals surface area contributed by atoms with Gasteiger partial charge in [0.15, 0.2) is 0 Å². The highest BCUT2D eigenvalue weighted by Crippen LogP contribution is 2.45. The molecule has 0 aliphatic heterocycles. The topological polar surface area (TPSA) is 142 Å². The highest BCUT2D eigenvalue weighted by atomic mass is 127. The number of halogens is 9. The van der Waals surface area contributed by atoms with Crippen LogP contribution >= 0.6 is 67.8 Å². The zero-order chi connectivity index (χ0) is 27.0. The fraction of sp³-hybridized carbons (Fsp3) is 0.400. The fourth-order valence-corrected chi connectivity index (χ4v) is 7.61. The number of alkyl halides is 6. The summed E-state index contributed by atoms with van der Waals surface area (Å²) in [4.78, 5) is 36.0. The van der Waals surface area contributed by atoms with Crippen molar-refractivity contribution in [3.63, 3.8) is 0 Å². The molecular formula is C15H12F6I3N3O6S. The van der Waals surface area contributed by atoms with Crippen LogP contribution in [0.4, 0.5) is 37.7 Å². The molecular weight excluding hydrogens is 845 g/mol. The molecule has 0 spiro atoms. The number of carbonyl (C=O) groups is 3. The summed E-state index contributed by atoms with van der Waals surface area (Å²) < 4.78 is 112. The van der Waals surface area contributed by atoms with Crippen LogP contribution in [-0.4, -0.2) is 54.3 Å². The van der Waals surface area contributed by atoms with E-state index in [9.17, 15) is 49.1 Å². The summed E-state index contributed by atoms with van der Waals surface area (Å²) in [5.41, 5.74) is -6.63. The minimum atomic E-state index is -6.42. The van der Waals surface area contributed by atoms with Crippen LogP contribution in [0, 0.1) is 10.7 Å². The lowest BCUT2D eigenvalue weighted by molar-refractivity contribution is -0.296. The molecule has 0 aliphatic carbocycles. The number of rotatable bonds is 6. The Balaban J connectivity index is 3.95. The molecule has 0 radical (unpaired) electrons. The number of anilines is 2. The van der Waals surface area contributed by atoms with Crippen molar-refractivity contribution >= 4 is 107 Å². The predicted molar refractivity (Wildman–Crippen MR) is 132 cm³/mol. The van der Waals surface area contributed by atoms with Gasteiger partial charge in [-0.05, 0) is 67.8 Å². The van der Waals surface area contributed by atoms with Gasteiger partial charge in [-0.2, -0.15) is 34.8 Å². The molecule has 192 valence electrons. The largest absolute Gasteiger partial charge is 0.421 e. The van der Waals surface area contributed by atoms with Crippen LogP contribution in [0.2, 0.25) is 0 Å². The van der Waals surface area contributed by atoms with Crippen molar-refractivity contribution in [2.75, 3.05) is 16.4 Å². The molecule has 19 heteroatoms. The van der Waals surface area contributed by atoms with Gasteiger partial charge in [-0.25, -0.2) is 0 Å². The van der Waals surface area contributed by atoms with E-state index in [1.807, 2.05) is 0 Å². The van der Waals surface area contributed by atoms with Crippen molar-refractivity contribution < 1.29 is 53.7 Å². The maximum atomic E-state index is 13.6. The highest BCUT2D eigenvalue weighted by Gasteiger charge is 2.73. The molecule has 0 bridgehead atoms. The second-order valence-electron chi connectivity index (χ2n) is 6.51. The first-order chi connectivity index (χ1) is 15.1. The molecule has 0 heterocycles.